The first-order valence-electron chi connectivity index (χ1n) is 4.82. The fourth-order valence-corrected chi connectivity index (χ4v) is 1.13. The van der Waals surface area contributed by atoms with Gasteiger partial charge in [-0.15, -0.1) is 0 Å². The van der Waals surface area contributed by atoms with Crippen LogP contribution in [0.2, 0.25) is 0 Å². The molecule has 1 aromatic rings. The van der Waals surface area contributed by atoms with Gasteiger partial charge in [0.1, 0.15) is 5.75 Å². The largest absolute Gasteiger partial charge is 0.494 e. The summed E-state index contributed by atoms with van der Waals surface area (Å²) in [5, 5.41) is 3.23. The predicted molar refractivity (Wildman–Crippen MR) is 58.0 cm³/mol. The lowest BCUT2D eigenvalue weighted by atomic mass is 10.3. The number of rotatable bonds is 6. The molecule has 0 aliphatic carbocycles. The third-order valence-corrected chi connectivity index (χ3v) is 1.80. The Bertz CT molecular complexity index is 246. The highest BCUT2D eigenvalue weighted by Gasteiger charge is 1.93. The molecule has 0 unspecified atom stereocenters. The Morgan fingerprint density at radius 1 is 1.21 bits per heavy atom. The van der Waals surface area contributed by atoms with E-state index in [2.05, 4.69) is 5.32 Å². The summed E-state index contributed by atoms with van der Waals surface area (Å²) in [5.74, 6) is 0.907. The SMILES string of the molecule is CCOc1ccc(NCCOC)cc1. The second-order valence-electron chi connectivity index (χ2n) is 2.88. The minimum Gasteiger partial charge on any atom is -0.494 e. The zero-order valence-electron chi connectivity index (χ0n) is 8.75. The molecule has 0 aliphatic heterocycles. The first-order valence-corrected chi connectivity index (χ1v) is 4.82. The first kappa shape index (κ1) is 10.9. The van der Waals surface area contributed by atoms with E-state index in [0.717, 1.165) is 18.0 Å². The molecule has 14 heavy (non-hydrogen) atoms. The molecule has 0 amide bonds. The van der Waals surface area contributed by atoms with Gasteiger partial charge in [-0.1, -0.05) is 0 Å². The zero-order valence-corrected chi connectivity index (χ0v) is 8.75. The van der Waals surface area contributed by atoms with Crippen molar-refractivity contribution in [1.82, 2.24) is 0 Å². The molecule has 3 nitrogen and oxygen atoms in total. The lowest BCUT2D eigenvalue weighted by Gasteiger charge is -2.07. The molecule has 0 aliphatic rings. The Hall–Kier alpha value is -1.22. The highest BCUT2D eigenvalue weighted by atomic mass is 16.5. The quantitative estimate of drug-likeness (QED) is 0.705. The van der Waals surface area contributed by atoms with Gasteiger partial charge in [0.05, 0.1) is 13.2 Å². The molecule has 0 saturated carbocycles. The summed E-state index contributed by atoms with van der Waals surface area (Å²) < 4.78 is 10.3. The predicted octanol–water partition coefficient (Wildman–Crippen LogP) is 2.14. The number of ether oxygens (including phenoxy) is 2. The van der Waals surface area contributed by atoms with E-state index in [9.17, 15) is 0 Å². The Balaban J connectivity index is 2.38. The fraction of sp³-hybridized carbons (Fsp3) is 0.455. The molecule has 0 fully saturated rings. The van der Waals surface area contributed by atoms with Crippen molar-refractivity contribution in [3.63, 3.8) is 0 Å². The van der Waals surface area contributed by atoms with Gasteiger partial charge >= 0.3 is 0 Å². The van der Waals surface area contributed by atoms with Crippen LogP contribution in [0.25, 0.3) is 0 Å². The molecule has 0 atom stereocenters. The molecular weight excluding hydrogens is 178 g/mol. The summed E-state index contributed by atoms with van der Waals surface area (Å²) in [4.78, 5) is 0. The molecule has 78 valence electrons. The Kier molecular flexibility index (Phi) is 4.86. The summed E-state index contributed by atoms with van der Waals surface area (Å²) >= 11 is 0. The Morgan fingerprint density at radius 2 is 1.93 bits per heavy atom. The number of anilines is 1. The summed E-state index contributed by atoms with van der Waals surface area (Å²) in [6.45, 7) is 4.22. The lowest BCUT2D eigenvalue weighted by molar-refractivity contribution is 0.211. The van der Waals surface area contributed by atoms with Crippen LogP contribution in [0.4, 0.5) is 5.69 Å². The number of hydrogen-bond acceptors (Lipinski definition) is 3. The molecule has 3 heteroatoms. The van der Waals surface area contributed by atoms with E-state index < -0.39 is 0 Å². The molecule has 0 radical (unpaired) electrons. The summed E-state index contributed by atoms with van der Waals surface area (Å²) in [5.41, 5.74) is 1.09. The Labute approximate surface area is 85.0 Å². The van der Waals surface area contributed by atoms with E-state index >= 15 is 0 Å². The maximum absolute atomic E-state index is 5.33. The van der Waals surface area contributed by atoms with E-state index in [-0.39, 0.29) is 0 Å². The molecule has 0 spiro atoms. The number of methoxy groups -OCH3 is 1. The standard InChI is InChI=1S/C11H17NO2/c1-3-14-11-6-4-10(5-7-11)12-8-9-13-2/h4-7,12H,3,8-9H2,1-2H3. The van der Waals surface area contributed by atoms with Crippen molar-refractivity contribution in [3.05, 3.63) is 24.3 Å². The summed E-state index contributed by atoms with van der Waals surface area (Å²) in [6.07, 6.45) is 0. The lowest BCUT2D eigenvalue weighted by Crippen LogP contribution is -2.07. The van der Waals surface area contributed by atoms with Crippen LogP contribution >= 0.6 is 0 Å². The van der Waals surface area contributed by atoms with Crippen molar-refractivity contribution >= 4 is 5.69 Å². The van der Waals surface area contributed by atoms with Gasteiger partial charge < -0.3 is 14.8 Å². The Morgan fingerprint density at radius 3 is 2.50 bits per heavy atom. The van der Waals surface area contributed by atoms with Crippen LogP contribution in [0.1, 0.15) is 6.92 Å². The average molecular weight is 195 g/mol. The molecule has 0 saturated heterocycles. The fourth-order valence-electron chi connectivity index (χ4n) is 1.13. The van der Waals surface area contributed by atoms with E-state index in [1.165, 1.54) is 0 Å². The summed E-state index contributed by atoms with van der Waals surface area (Å²) in [6, 6.07) is 7.92. The third-order valence-electron chi connectivity index (χ3n) is 1.80. The maximum atomic E-state index is 5.33. The molecular formula is C11H17NO2. The second kappa shape index (κ2) is 6.27. The molecule has 1 aromatic carbocycles. The topological polar surface area (TPSA) is 30.5 Å². The second-order valence-corrected chi connectivity index (χ2v) is 2.88. The maximum Gasteiger partial charge on any atom is 0.119 e. The normalized spacial score (nSPS) is 9.86. The van der Waals surface area contributed by atoms with Crippen LogP contribution in [0.5, 0.6) is 5.75 Å². The zero-order chi connectivity index (χ0) is 10.2. The van der Waals surface area contributed by atoms with Crippen LogP contribution in [0.3, 0.4) is 0 Å². The first-order chi connectivity index (χ1) is 6.86. The molecule has 1 rings (SSSR count). The van der Waals surface area contributed by atoms with Crippen molar-refractivity contribution in [3.8, 4) is 5.75 Å². The molecule has 0 bridgehead atoms. The van der Waals surface area contributed by atoms with Crippen molar-refractivity contribution < 1.29 is 9.47 Å². The van der Waals surface area contributed by atoms with Crippen LogP contribution in [0, 0.1) is 0 Å². The molecule has 0 aromatic heterocycles. The molecule has 1 N–H and O–H groups in total. The third kappa shape index (κ3) is 3.66. The monoisotopic (exact) mass is 195 g/mol. The van der Waals surface area contributed by atoms with E-state index in [1.54, 1.807) is 7.11 Å². The van der Waals surface area contributed by atoms with E-state index in [0.29, 0.717) is 13.2 Å². The molecule has 0 heterocycles. The minimum absolute atomic E-state index is 0.705. The van der Waals surface area contributed by atoms with Crippen molar-refractivity contribution in [2.45, 2.75) is 6.92 Å². The highest BCUT2D eigenvalue weighted by molar-refractivity contribution is 5.46. The number of nitrogens with one attached hydrogen (secondary N) is 1. The van der Waals surface area contributed by atoms with E-state index in [4.69, 9.17) is 9.47 Å². The van der Waals surface area contributed by atoms with Gasteiger partial charge in [0, 0.05) is 19.3 Å². The van der Waals surface area contributed by atoms with Crippen LogP contribution in [-0.2, 0) is 4.74 Å². The van der Waals surface area contributed by atoms with Crippen molar-refractivity contribution in [2.24, 2.45) is 0 Å². The van der Waals surface area contributed by atoms with Crippen molar-refractivity contribution in [2.75, 3.05) is 32.2 Å². The average Bonchev–Trinajstić information content (AvgIpc) is 2.21. The van der Waals surface area contributed by atoms with Crippen molar-refractivity contribution in [1.29, 1.82) is 0 Å². The number of hydrogen-bond donors (Lipinski definition) is 1. The van der Waals surface area contributed by atoms with Gasteiger partial charge in [-0.2, -0.15) is 0 Å². The van der Waals surface area contributed by atoms with Gasteiger partial charge in [-0.05, 0) is 31.2 Å². The smallest absolute Gasteiger partial charge is 0.119 e. The van der Waals surface area contributed by atoms with Gasteiger partial charge in [0.2, 0.25) is 0 Å². The highest BCUT2D eigenvalue weighted by Crippen LogP contribution is 2.15. The van der Waals surface area contributed by atoms with Crippen LogP contribution in [-0.4, -0.2) is 26.9 Å². The van der Waals surface area contributed by atoms with Gasteiger partial charge in [-0.3, -0.25) is 0 Å². The van der Waals surface area contributed by atoms with E-state index in [1.807, 2.05) is 31.2 Å². The number of benzene rings is 1. The van der Waals surface area contributed by atoms with Crippen LogP contribution < -0.4 is 10.1 Å². The van der Waals surface area contributed by atoms with Gasteiger partial charge in [0.15, 0.2) is 0 Å². The van der Waals surface area contributed by atoms with Crippen LogP contribution in [0.15, 0.2) is 24.3 Å². The van der Waals surface area contributed by atoms with Gasteiger partial charge in [0.25, 0.3) is 0 Å². The van der Waals surface area contributed by atoms with Gasteiger partial charge in [-0.25, -0.2) is 0 Å². The summed E-state index contributed by atoms with van der Waals surface area (Å²) in [7, 11) is 1.69. The minimum atomic E-state index is 0.705.